The summed E-state index contributed by atoms with van der Waals surface area (Å²) >= 11 is 1.66. The van der Waals surface area contributed by atoms with Crippen LogP contribution in [0.3, 0.4) is 0 Å². The van der Waals surface area contributed by atoms with Gasteiger partial charge in [-0.05, 0) is 12.5 Å². The molecule has 0 unspecified atom stereocenters. The molecule has 0 atom stereocenters. The van der Waals surface area contributed by atoms with Crippen molar-refractivity contribution in [3.05, 3.63) is 29.3 Å². The van der Waals surface area contributed by atoms with E-state index >= 15 is 0 Å². The van der Waals surface area contributed by atoms with Gasteiger partial charge in [0.05, 0.1) is 11.4 Å². The first-order valence-electron chi connectivity index (χ1n) is 5.90. The summed E-state index contributed by atoms with van der Waals surface area (Å²) < 4.78 is 1.99. The third-order valence-corrected chi connectivity index (χ3v) is 3.39. The van der Waals surface area contributed by atoms with E-state index < -0.39 is 0 Å². The molecule has 0 saturated carbocycles. The first kappa shape index (κ1) is 12.3. The van der Waals surface area contributed by atoms with Gasteiger partial charge in [-0.25, -0.2) is 9.97 Å². The third-order valence-electron chi connectivity index (χ3n) is 2.51. The van der Waals surface area contributed by atoms with Crippen LogP contribution in [-0.2, 0) is 6.54 Å². The molecule has 17 heavy (non-hydrogen) atoms. The van der Waals surface area contributed by atoms with Crippen LogP contribution in [0.5, 0.6) is 0 Å². The monoisotopic (exact) mass is 250 g/mol. The highest BCUT2D eigenvalue weighted by Crippen LogP contribution is 2.20. The Morgan fingerprint density at radius 1 is 1.47 bits per heavy atom. The molecule has 0 aliphatic rings. The lowest BCUT2D eigenvalue weighted by Crippen LogP contribution is -2.11. The molecule has 0 saturated heterocycles. The molecular weight excluding hydrogens is 232 g/mol. The molecule has 0 aliphatic carbocycles. The minimum Gasteiger partial charge on any atom is -0.311 e. The van der Waals surface area contributed by atoms with Crippen molar-refractivity contribution >= 4 is 11.3 Å². The summed E-state index contributed by atoms with van der Waals surface area (Å²) in [7, 11) is 0. The van der Waals surface area contributed by atoms with E-state index in [4.69, 9.17) is 0 Å². The fourth-order valence-electron chi connectivity index (χ4n) is 1.47. The number of hydrogen-bond acceptors (Lipinski definition) is 4. The van der Waals surface area contributed by atoms with Crippen molar-refractivity contribution in [3.63, 3.8) is 0 Å². The Hall–Kier alpha value is -1.20. The summed E-state index contributed by atoms with van der Waals surface area (Å²) in [6, 6.07) is 0. The Labute approximate surface area is 106 Å². The van der Waals surface area contributed by atoms with E-state index in [1.54, 1.807) is 11.3 Å². The van der Waals surface area contributed by atoms with Crippen LogP contribution in [-0.4, -0.2) is 21.1 Å². The number of thiazole rings is 1. The molecule has 0 fully saturated rings. The zero-order chi connectivity index (χ0) is 12.3. The van der Waals surface area contributed by atoms with E-state index in [1.807, 2.05) is 17.1 Å². The summed E-state index contributed by atoms with van der Waals surface area (Å²) in [5.74, 6) is 0.477. The molecule has 2 rings (SSSR count). The third kappa shape index (κ3) is 2.92. The maximum atomic E-state index is 4.59. The first-order chi connectivity index (χ1) is 8.20. The Morgan fingerprint density at radius 3 is 2.94 bits per heavy atom. The minimum atomic E-state index is 0.477. The van der Waals surface area contributed by atoms with Gasteiger partial charge < -0.3 is 5.32 Å². The SMILES string of the molecule is CCNCc1cn(-c2nc(C(C)C)cs2)cn1. The van der Waals surface area contributed by atoms with Gasteiger partial charge in [-0.1, -0.05) is 20.8 Å². The van der Waals surface area contributed by atoms with E-state index in [2.05, 4.69) is 41.4 Å². The highest BCUT2D eigenvalue weighted by atomic mass is 32.1. The molecule has 0 aliphatic heterocycles. The van der Waals surface area contributed by atoms with Crippen molar-refractivity contribution in [1.29, 1.82) is 0 Å². The van der Waals surface area contributed by atoms with Crippen LogP contribution < -0.4 is 5.32 Å². The van der Waals surface area contributed by atoms with Gasteiger partial charge >= 0.3 is 0 Å². The van der Waals surface area contributed by atoms with Crippen LogP contribution >= 0.6 is 11.3 Å². The lowest BCUT2D eigenvalue weighted by Gasteiger charge is -1.98. The molecule has 0 amide bonds. The smallest absolute Gasteiger partial charge is 0.195 e. The fourth-order valence-corrected chi connectivity index (χ4v) is 2.40. The number of imidazole rings is 1. The van der Waals surface area contributed by atoms with Crippen molar-refractivity contribution in [2.24, 2.45) is 0 Å². The highest BCUT2D eigenvalue weighted by molar-refractivity contribution is 7.12. The standard InChI is InChI=1S/C12H18N4S/c1-4-13-5-10-6-16(8-14-10)12-15-11(7-17-12)9(2)3/h6-9,13H,4-5H2,1-3H3. The molecule has 0 spiro atoms. The molecule has 92 valence electrons. The second-order valence-electron chi connectivity index (χ2n) is 4.26. The second-order valence-corrected chi connectivity index (χ2v) is 5.10. The Kier molecular flexibility index (Phi) is 3.91. The zero-order valence-electron chi connectivity index (χ0n) is 10.5. The predicted octanol–water partition coefficient (Wildman–Crippen LogP) is 2.56. The Balaban J connectivity index is 2.13. The normalized spacial score (nSPS) is 11.3. The molecule has 0 radical (unpaired) electrons. The Morgan fingerprint density at radius 2 is 2.29 bits per heavy atom. The summed E-state index contributed by atoms with van der Waals surface area (Å²) in [5.41, 5.74) is 2.19. The largest absolute Gasteiger partial charge is 0.311 e. The van der Waals surface area contributed by atoms with Gasteiger partial charge in [-0.2, -0.15) is 0 Å². The van der Waals surface area contributed by atoms with Crippen LogP contribution in [0.15, 0.2) is 17.9 Å². The molecule has 1 N–H and O–H groups in total. The quantitative estimate of drug-likeness (QED) is 0.887. The van der Waals surface area contributed by atoms with Gasteiger partial charge in [0, 0.05) is 18.1 Å². The van der Waals surface area contributed by atoms with Gasteiger partial charge in [0.2, 0.25) is 0 Å². The number of nitrogens with one attached hydrogen (secondary N) is 1. The Bertz CT molecular complexity index is 472. The summed E-state index contributed by atoms with van der Waals surface area (Å²) in [6.07, 6.45) is 3.86. The van der Waals surface area contributed by atoms with Crippen LogP contribution in [0, 0.1) is 0 Å². The molecule has 5 heteroatoms. The fraction of sp³-hybridized carbons (Fsp3) is 0.500. The van der Waals surface area contributed by atoms with Crippen LogP contribution in [0.2, 0.25) is 0 Å². The lowest BCUT2D eigenvalue weighted by atomic mass is 10.2. The number of hydrogen-bond donors (Lipinski definition) is 1. The molecule has 4 nitrogen and oxygen atoms in total. The molecule has 2 aromatic rings. The van der Waals surface area contributed by atoms with Gasteiger partial charge in [0.1, 0.15) is 6.33 Å². The minimum absolute atomic E-state index is 0.477. The van der Waals surface area contributed by atoms with Gasteiger partial charge in [-0.3, -0.25) is 4.57 Å². The zero-order valence-corrected chi connectivity index (χ0v) is 11.3. The van der Waals surface area contributed by atoms with Gasteiger partial charge in [0.25, 0.3) is 0 Å². The van der Waals surface area contributed by atoms with E-state index in [-0.39, 0.29) is 0 Å². The topological polar surface area (TPSA) is 42.7 Å². The first-order valence-corrected chi connectivity index (χ1v) is 6.78. The highest BCUT2D eigenvalue weighted by Gasteiger charge is 2.07. The number of rotatable bonds is 5. The molecule has 2 aromatic heterocycles. The van der Waals surface area contributed by atoms with E-state index in [0.29, 0.717) is 5.92 Å². The molecule has 0 aromatic carbocycles. The predicted molar refractivity (Wildman–Crippen MR) is 70.7 cm³/mol. The average Bonchev–Trinajstić information content (AvgIpc) is 2.94. The number of nitrogens with zero attached hydrogens (tertiary/aromatic N) is 3. The summed E-state index contributed by atoms with van der Waals surface area (Å²) in [4.78, 5) is 8.95. The van der Waals surface area contributed by atoms with Crippen LogP contribution in [0.1, 0.15) is 38.1 Å². The maximum Gasteiger partial charge on any atom is 0.195 e. The summed E-state index contributed by atoms with van der Waals surface area (Å²) in [5, 5.41) is 6.36. The van der Waals surface area contributed by atoms with Crippen molar-refractivity contribution in [2.45, 2.75) is 33.2 Å². The van der Waals surface area contributed by atoms with E-state index in [0.717, 1.165) is 29.6 Å². The maximum absolute atomic E-state index is 4.59. The van der Waals surface area contributed by atoms with Gasteiger partial charge in [0.15, 0.2) is 5.13 Å². The molecule has 2 heterocycles. The van der Waals surface area contributed by atoms with Crippen LogP contribution in [0.25, 0.3) is 5.13 Å². The number of aromatic nitrogens is 3. The van der Waals surface area contributed by atoms with Gasteiger partial charge in [-0.15, -0.1) is 11.3 Å². The average molecular weight is 250 g/mol. The van der Waals surface area contributed by atoms with Crippen molar-refractivity contribution in [2.75, 3.05) is 6.54 Å². The van der Waals surface area contributed by atoms with Crippen LogP contribution in [0.4, 0.5) is 0 Å². The molecule has 0 bridgehead atoms. The second kappa shape index (κ2) is 5.42. The van der Waals surface area contributed by atoms with Crippen molar-refractivity contribution < 1.29 is 0 Å². The van der Waals surface area contributed by atoms with Crippen molar-refractivity contribution in [3.8, 4) is 5.13 Å². The molecular formula is C12H18N4S. The summed E-state index contributed by atoms with van der Waals surface area (Å²) in [6.45, 7) is 8.17. The lowest BCUT2D eigenvalue weighted by molar-refractivity contribution is 0.713. The van der Waals surface area contributed by atoms with Crippen molar-refractivity contribution in [1.82, 2.24) is 19.9 Å². The van der Waals surface area contributed by atoms with E-state index in [9.17, 15) is 0 Å². The van der Waals surface area contributed by atoms with E-state index in [1.165, 1.54) is 0 Å².